The molecule has 36 heavy (non-hydrogen) atoms. The summed E-state index contributed by atoms with van der Waals surface area (Å²) in [6.07, 6.45) is -4.32. The third-order valence-corrected chi connectivity index (χ3v) is 6.78. The number of carbonyl (C=O) groups excluding carboxylic acids is 1. The summed E-state index contributed by atoms with van der Waals surface area (Å²) >= 11 is 0. The molecule has 3 rings (SSSR count). The first kappa shape index (κ1) is 27.5. The average Bonchev–Trinajstić information content (AvgIpc) is 3.12. The van der Waals surface area contributed by atoms with Gasteiger partial charge >= 0.3 is 19.4 Å². The number of nitrogens with one attached hydrogen (secondary N) is 2. The second kappa shape index (κ2) is 11.8. The van der Waals surface area contributed by atoms with Gasteiger partial charge in [0.25, 0.3) is 5.56 Å². The maximum Gasteiger partial charge on any atom is 0.459 e. The van der Waals surface area contributed by atoms with E-state index in [0.717, 1.165) is 10.8 Å². The van der Waals surface area contributed by atoms with Gasteiger partial charge in [-0.2, -0.15) is 5.09 Å². The van der Waals surface area contributed by atoms with Gasteiger partial charge in [-0.05, 0) is 26.0 Å². The minimum Gasteiger partial charge on any atom is -0.460 e. The maximum atomic E-state index is 14.9. The Morgan fingerprint density at radius 1 is 1.39 bits per heavy atom. The van der Waals surface area contributed by atoms with Crippen LogP contribution in [0.1, 0.15) is 18.7 Å². The van der Waals surface area contributed by atoms with Crippen LogP contribution in [0.2, 0.25) is 0 Å². The minimum atomic E-state index is -4.30. The molecule has 1 aliphatic rings. The van der Waals surface area contributed by atoms with Gasteiger partial charge in [-0.1, -0.05) is 30.9 Å². The first-order valence-electron chi connectivity index (χ1n) is 10.9. The molecule has 2 aromatic rings. The summed E-state index contributed by atoms with van der Waals surface area (Å²) in [5.74, 6) is -0.617. The van der Waals surface area contributed by atoms with Crippen molar-refractivity contribution in [1.82, 2.24) is 14.6 Å². The first-order valence-corrected chi connectivity index (χ1v) is 12.4. The van der Waals surface area contributed by atoms with E-state index in [0.29, 0.717) is 0 Å². The monoisotopic (exact) mass is 527 g/mol. The van der Waals surface area contributed by atoms with E-state index in [2.05, 4.69) is 11.7 Å². The second-order valence-corrected chi connectivity index (χ2v) is 9.64. The van der Waals surface area contributed by atoms with Crippen molar-refractivity contribution >= 4 is 13.7 Å². The van der Waals surface area contributed by atoms with E-state index in [1.165, 1.54) is 32.1 Å². The Morgan fingerprint density at radius 3 is 2.75 bits per heavy atom. The van der Waals surface area contributed by atoms with Crippen LogP contribution in [-0.2, 0) is 23.4 Å². The van der Waals surface area contributed by atoms with Gasteiger partial charge in [0.2, 0.25) is 0 Å². The lowest BCUT2D eigenvalue weighted by molar-refractivity contribution is -0.144. The van der Waals surface area contributed by atoms with Gasteiger partial charge in [-0.3, -0.25) is 23.7 Å². The number of halogens is 1. The lowest BCUT2D eigenvalue weighted by atomic mass is 10.1. The Morgan fingerprint density at radius 2 is 2.08 bits per heavy atom. The van der Waals surface area contributed by atoms with Gasteiger partial charge in [-0.25, -0.2) is 13.8 Å². The molecule has 0 unspecified atom stereocenters. The molecule has 3 N–H and O–H groups in total. The highest BCUT2D eigenvalue weighted by molar-refractivity contribution is 7.52. The molecule has 1 aromatic carbocycles. The molecule has 1 saturated heterocycles. The standard InChI is InChI=1S/C22H27FN3O9P/c1-4-10-32-21(29)14(3)25-36(31,35-15-8-6-5-7-9-15)33-12-16-18(27)17(23)20(34-16)26-11-13(2)19(28)24-22(26)30/h4-9,11,14,16-18,20,27H,1,10,12H2,2-3H3,(H,25,31)(H,24,28,30)/t14-,16-,17+,18-,20-,36-/m0/s1. The Kier molecular flexibility index (Phi) is 8.98. The number of hydrogen-bond acceptors (Lipinski definition) is 9. The van der Waals surface area contributed by atoms with E-state index in [4.69, 9.17) is 18.5 Å². The number of rotatable bonds is 11. The molecule has 1 fully saturated rings. The van der Waals surface area contributed by atoms with Crippen molar-refractivity contribution in [2.45, 2.75) is 44.5 Å². The highest BCUT2D eigenvalue weighted by atomic mass is 31.2. The van der Waals surface area contributed by atoms with Crippen molar-refractivity contribution in [3.63, 3.8) is 0 Å². The van der Waals surface area contributed by atoms with Crippen molar-refractivity contribution in [3.05, 3.63) is 75.6 Å². The quantitative estimate of drug-likeness (QED) is 0.221. The third kappa shape index (κ3) is 6.56. The number of para-hydroxylation sites is 1. The molecule has 0 amide bonds. The van der Waals surface area contributed by atoms with Crippen LogP contribution in [0.3, 0.4) is 0 Å². The molecule has 6 atom stereocenters. The largest absolute Gasteiger partial charge is 0.460 e. The lowest BCUT2D eigenvalue weighted by Crippen LogP contribution is -2.37. The Balaban J connectivity index is 1.77. The minimum absolute atomic E-state index is 0.0689. The number of hydrogen-bond donors (Lipinski definition) is 3. The first-order chi connectivity index (χ1) is 17.0. The number of aliphatic hydroxyl groups is 1. The van der Waals surface area contributed by atoms with Gasteiger partial charge in [-0.15, -0.1) is 0 Å². The van der Waals surface area contributed by atoms with Crippen LogP contribution in [0.4, 0.5) is 4.39 Å². The van der Waals surface area contributed by atoms with Crippen LogP contribution in [0, 0.1) is 6.92 Å². The predicted molar refractivity (Wildman–Crippen MR) is 125 cm³/mol. The van der Waals surface area contributed by atoms with E-state index in [9.17, 15) is 28.4 Å². The van der Waals surface area contributed by atoms with Crippen LogP contribution in [0.5, 0.6) is 5.75 Å². The number of esters is 1. The van der Waals surface area contributed by atoms with Gasteiger partial charge < -0.3 is 19.1 Å². The number of aromatic nitrogens is 2. The topological polar surface area (TPSA) is 158 Å². The van der Waals surface area contributed by atoms with Gasteiger partial charge in [0, 0.05) is 11.8 Å². The zero-order valence-electron chi connectivity index (χ0n) is 19.5. The number of aliphatic hydroxyl groups excluding tert-OH is 1. The maximum absolute atomic E-state index is 14.9. The van der Waals surface area contributed by atoms with Crippen molar-refractivity contribution in [1.29, 1.82) is 0 Å². The summed E-state index contributed by atoms with van der Waals surface area (Å²) in [5, 5.41) is 12.8. The molecule has 0 radical (unpaired) electrons. The highest BCUT2D eigenvalue weighted by Crippen LogP contribution is 2.46. The fourth-order valence-corrected chi connectivity index (χ4v) is 4.78. The molecule has 14 heteroatoms. The fraction of sp³-hybridized carbons (Fsp3) is 0.409. The normalized spacial score (nSPS) is 24.0. The number of H-pyrrole nitrogens is 1. The summed E-state index contributed by atoms with van der Waals surface area (Å²) in [7, 11) is -4.30. The smallest absolute Gasteiger partial charge is 0.459 e. The Bertz CT molecular complexity index is 1240. The SMILES string of the molecule is C=CCOC(=O)[C@H](C)N[P@](=O)(OC[C@@H]1O[C@H](n2cc(C)c(=O)[nH]c2=O)[C@H](F)[C@H]1O)Oc1ccccc1. The van der Waals surface area contributed by atoms with E-state index in [1.54, 1.807) is 18.2 Å². The number of ether oxygens (including phenoxy) is 2. The van der Waals surface area contributed by atoms with Crippen molar-refractivity contribution < 1.29 is 37.4 Å². The van der Waals surface area contributed by atoms with Crippen LogP contribution >= 0.6 is 7.75 Å². The number of aromatic amines is 1. The van der Waals surface area contributed by atoms with E-state index in [1.807, 2.05) is 4.98 Å². The van der Waals surface area contributed by atoms with E-state index < -0.39 is 62.2 Å². The molecular formula is C22H27FN3O9P. The number of nitrogens with zero attached hydrogens (tertiary/aromatic N) is 1. The summed E-state index contributed by atoms with van der Waals surface area (Å²) < 4.78 is 50.5. The fourth-order valence-electron chi connectivity index (χ4n) is 3.28. The van der Waals surface area contributed by atoms with Crippen molar-refractivity contribution in [3.8, 4) is 5.75 Å². The van der Waals surface area contributed by atoms with E-state index >= 15 is 0 Å². The molecular weight excluding hydrogens is 500 g/mol. The van der Waals surface area contributed by atoms with Crippen LogP contribution in [-0.4, -0.2) is 58.3 Å². The Labute approximate surface area is 205 Å². The third-order valence-electron chi connectivity index (χ3n) is 5.14. The summed E-state index contributed by atoms with van der Waals surface area (Å²) in [6.45, 7) is 5.52. The zero-order chi connectivity index (χ0) is 26.5. The predicted octanol–water partition coefficient (Wildman–Crippen LogP) is 1.35. The molecule has 2 heterocycles. The summed E-state index contributed by atoms with van der Waals surface area (Å²) in [4.78, 5) is 37.9. The molecule has 1 aromatic heterocycles. The molecule has 196 valence electrons. The van der Waals surface area contributed by atoms with Gasteiger partial charge in [0.05, 0.1) is 6.61 Å². The zero-order valence-corrected chi connectivity index (χ0v) is 20.4. The molecule has 0 bridgehead atoms. The molecule has 1 aliphatic heterocycles. The number of aryl methyl sites for hydroxylation is 1. The van der Waals surface area contributed by atoms with Crippen LogP contribution in [0.15, 0.2) is 58.8 Å². The molecule has 0 spiro atoms. The van der Waals surface area contributed by atoms with Gasteiger partial charge in [0.15, 0.2) is 12.4 Å². The average molecular weight is 527 g/mol. The molecule has 0 saturated carbocycles. The number of carbonyl (C=O) groups is 1. The summed E-state index contributed by atoms with van der Waals surface area (Å²) in [6, 6.07) is 6.79. The lowest BCUT2D eigenvalue weighted by Gasteiger charge is -2.24. The number of alkyl halides is 1. The highest BCUT2D eigenvalue weighted by Gasteiger charge is 2.47. The van der Waals surface area contributed by atoms with Crippen molar-refractivity contribution in [2.75, 3.05) is 13.2 Å². The summed E-state index contributed by atoms with van der Waals surface area (Å²) in [5.41, 5.74) is -1.45. The molecule has 12 nitrogen and oxygen atoms in total. The number of benzene rings is 1. The Hall–Kier alpha value is -3.09. The van der Waals surface area contributed by atoms with Crippen molar-refractivity contribution in [2.24, 2.45) is 0 Å². The van der Waals surface area contributed by atoms with Crippen LogP contribution in [0.25, 0.3) is 0 Å². The molecule has 0 aliphatic carbocycles. The van der Waals surface area contributed by atoms with Gasteiger partial charge in [0.1, 0.15) is 30.6 Å². The van der Waals surface area contributed by atoms with Crippen LogP contribution < -0.4 is 20.9 Å². The second-order valence-electron chi connectivity index (χ2n) is 7.95. The van der Waals surface area contributed by atoms with E-state index in [-0.39, 0.29) is 17.9 Å².